The SMILES string of the molecule is COC/C=C/CO/C=C/CCOc1ccccc1. The molecular weight excluding hydrogens is 228 g/mol. The Hall–Kier alpha value is -1.74. The summed E-state index contributed by atoms with van der Waals surface area (Å²) in [6, 6.07) is 9.78. The van der Waals surface area contributed by atoms with Crippen molar-refractivity contribution in [2.24, 2.45) is 0 Å². The summed E-state index contributed by atoms with van der Waals surface area (Å²) in [7, 11) is 1.66. The molecule has 0 fully saturated rings. The summed E-state index contributed by atoms with van der Waals surface area (Å²) < 4.78 is 15.6. The lowest BCUT2D eigenvalue weighted by Crippen LogP contribution is -1.95. The van der Waals surface area contributed by atoms with Crippen molar-refractivity contribution in [3.05, 3.63) is 54.8 Å². The van der Waals surface area contributed by atoms with E-state index in [9.17, 15) is 0 Å². The van der Waals surface area contributed by atoms with Gasteiger partial charge in [-0.3, -0.25) is 0 Å². The molecule has 0 saturated heterocycles. The summed E-state index contributed by atoms with van der Waals surface area (Å²) in [6.07, 6.45) is 8.33. The van der Waals surface area contributed by atoms with E-state index >= 15 is 0 Å². The van der Waals surface area contributed by atoms with Crippen LogP contribution in [0.15, 0.2) is 54.8 Å². The second kappa shape index (κ2) is 10.4. The smallest absolute Gasteiger partial charge is 0.119 e. The van der Waals surface area contributed by atoms with Gasteiger partial charge < -0.3 is 14.2 Å². The van der Waals surface area contributed by atoms with Crippen molar-refractivity contribution in [1.29, 1.82) is 0 Å². The van der Waals surface area contributed by atoms with Crippen LogP contribution in [0, 0.1) is 0 Å². The molecule has 0 heterocycles. The molecule has 0 bridgehead atoms. The zero-order valence-electron chi connectivity index (χ0n) is 10.7. The average molecular weight is 248 g/mol. The van der Waals surface area contributed by atoms with Gasteiger partial charge in [0.15, 0.2) is 0 Å². The summed E-state index contributed by atoms with van der Waals surface area (Å²) in [5.41, 5.74) is 0. The second-order valence-corrected chi connectivity index (χ2v) is 3.58. The molecule has 1 rings (SSSR count). The van der Waals surface area contributed by atoms with E-state index in [1.807, 2.05) is 48.6 Å². The molecule has 0 atom stereocenters. The Morgan fingerprint density at radius 2 is 1.78 bits per heavy atom. The number of rotatable bonds is 9. The van der Waals surface area contributed by atoms with E-state index in [4.69, 9.17) is 14.2 Å². The van der Waals surface area contributed by atoms with Crippen LogP contribution in [-0.2, 0) is 9.47 Å². The first-order chi connectivity index (χ1) is 8.93. The number of para-hydroxylation sites is 1. The van der Waals surface area contributed by atoms with Crippen LogP contribution >= 0.6 is 0 Å². The summed E-state index contributed by atoms with van der Waals surface area (Å²) in [5.74, 6) is 0.898. The van der Waals surface area contributed by atoms with Crippen LogP contribution in [-0.4, -0.2) is 26.9 Å². The van der Waals surface area contributed by atoms with Gasteiger partial charge in [-0.25, -0.2) is 0 Å². The Morgan fingerprint density at radius 3 is 2.56 bits per heavy atom. The standard InChI is InChI=1S/C15H20O3/c1-16-11-5-6-12-17-13-7-8-14-18-15-9-3-2-4-10-15/h2-7,9-10,13H,8,11-12,14H2,1H3/b6-5+,13-7+. The predicted octanol–water partition coefficient (Wildman–Crippen LogP) is 3.19. The van der Waals surface area contributed by atoms with Crippen molar-refractivity contribution in [1.82, 2.24) is 0 Å². The molecule has 0 aliphatic heterocycles. The molecule has 0 spiro atoms. The van der Waals surface area contributed by atoms with Crippen molar-refractivity contribution in [2.45, 2.75) is 6.42 Å². The van der Waals surface area contributed by atoms with Crippen molar-refractivity contribution in [2.75, 3.05) is 26.9 Å². The first kappa shape index (κ1) is 14.3. The van der Waals surface area contributed by atoms with Crippen molar-refractivity contribution >= 4 is 0 Å². The van der Waals surface area contributed by atoms with Crippen LogP contribution in [0.4, 0.5) is 0 Å². The third-order valence-corrected chi connectivity index (χ3v) is 2.11. The number of benzene rings is 1. The Morgan fingerprint density at radius 1 is 1.00 bits per heavy atom. The maximum Gasteiger partial charge on any atom is 0.119 e. The van der Waals surface area contributed by atoms with Crippen molar-refractivity contribution < 1.29 is 14.2 Å². The van der Waals surface area contributed by atoms with Gasteiger partial charge in [-0.2, -0.15) is 0 Å². The highest BCUT2D eigenvalue weighted by Crippen LogP contribution is 2.08. The first-order valence-corrected chi connectivity index (χ1v) is 6.02. The number of hydrogen-bond acceptors (Lipinski definition) is 3. The van der Waals surface area contributed by atoms with Crippen molar-refractivity contribution in [3.8, 4) is 5.75 Å². The van der Waals surface area contributed by atoms with Crippen LogP contribution in [0.1, 0.15) is 6.42 Å². The Kier molecular flexibility index (Phi) is 8.29. The molecule has 1 aromatic rings. The quantitative estimate of drug-likeness (QED) is 0.381. The van der Waals surface area contributed by atoms with E-state index < -0.39 is 0 Å². The average Bonchev–Trinajstić information content (AvgIpc) is 2.42. The maximum atomic E-state index is 5.53. The topological polar surface area (TPSA) is 27.7 Å². The third-order valence-electron chi connectivity index (χ3n) is 2.11. The zero-order chi connectivity index (χ0) is 12.9. The van der Waals surface area contributed by atoms with E-state index in [2.05, 4.69) is 0 Å². The van der Waals surface area contributed by atoms with E-state index in [0.29, 0.717) is 19.8 Å². The summed E-state index contributed by atoms with van der Waals surface area (Å²) in [4.78, 5) is 0. The van der Waals surface area contributed by atoms with Gasteiger partial charge in [0.1, 0.15) is 12.4 Å². The summed E-state index contributed by atoms with van der Waals surface area (Å²) in [5, 5.41) is 0. The predicted molar refractivity (Wildman–Crippen MR) is 72.7 cm³/mol. The minimum absolute atomic E-state index is 0.569. The van der Waals surface area contributed by atoms with E-state index in [0.717, 1.165) is 12.2 Å². The van der Waals surface area contributed by atoms with Gasteiger partial charge in [-0.1, -0.05) is 24.3 Å². The normalized spacial score (nSPS) is 11.2. The molecule has 0 radical (unpaired) electrons. The monoisotopic (exact) mass is 248 g/mol. The molecule has 0 amide bonds. The van der Waals surface area contributed by atoms with Crippen LogP contribution in [0.5, 0.6) is 5.75 Å². The first-order valence-electron chi connectivity index (χ1n) is 6.02. The Bertz CT molecular complexity index is 344. The molecule has 3 nitrogen and oxygen atoms in total. The molecule has 0 aliphatic rings. The number of methoxy groups -OCH3 is 1. The van der Waals surface area contributed by atoms with Gasteiger partial charge in [0.2, 0.25) is 0 Å². The van der Waals surface area contributed by atoms with Gasteiger partial charge in [0, 0.05) is 13.5 Å². The fourth-order valence-electron chi connectivity index (χ4n) is 1.24. The second-order valence-electron chi connectivity index (χ2n) is 3.58. The van der Waals surface area contributed by atoms with Crippen LogP contribution < -0.4 is 4.74 Å². The molecule has 0 unspecified atom stereocenters. The molecule has 3 heteroatoms. The molecule has 0 aromatic heterocycles. The Labute approximate surface area is 109 Å². The van der Waals surface area contributed by atoms with Crippen LogP contribution in [0.25, 0.3) is 0 Å². The molecular formula is C15H20O3. The lowest BCUT2D eigenvalue weighted by Gasteiger charge is -2.02. The van der Waals surface area contributed by atoms with Gasteiger partial charge in [0.25, 0.3) is 0 Å². The van der Waals surface area contributed by atoms with Gasteiger partial charge >= 0.3 is 0 Å². The minimum atomic E-state index is 0.569. The van der Waals surface area contributed by atoms with Gasteiger partial charge in [-0.15, -0.1) is 0 Å². The number of hydrogen-bond donors (Lipinski definition) is 0. The van der Waals surface area contributed by atoms with Crippen LogP contribution in [0.2, 0.25) is 0 Å². The molecule has 0 saturated carbocycles. The lowest BCUT2D eigenvalue weighted by molar-refractivity contribution is 0.232. The van der Waals surface area contributed by atoms with Crippen molar-refractivity contribution in [3.63, 3.8) is 0 Å². The molecule has 0 aliphatic carbocycles. The molecule has 0 N–H and O–H groups in total. The summed E-state index contributed by atoms with van der Waals surface area (Å²) >= 11 is 0. The lowest BCUT2D eigenvalue weighted by atomic mass is 10.3. The number of ether oxygens (including phenoxy) is 3. The fraction of sp³-hybridized carbons (Fsp3) is 0.333. The maximum absolute atomic E-state index is 5.53. The van der Waals surface area contributed by atoms with E-state index in [1.54, 1.807) is 13.4 Å². The van der Waals surface area contributed by atoms with Crippen LogP contribution in [0.3, 0.4) is 0 Å². The largest absolute Gasteiger partial charge is 0.497 e. The fourth-order valence-corrected chi connectivity index (χ4v) is 1.24. The van der Waals surface area contributed by atoms with E-state index in [1.165, 1.54) is 0 Å². The molecule has 18 heavy (non-hydrogen) atoms. The van der Waals surface area contributed by atoms with E-state index in [-0.39, 0.29) is 0 Å². The van der Waals surface area contributed by atoms with Gasteiger partial charge in [0.05, 0.1) is 19.5 Å². The summed E-state index contributed by atoms with van der Waals surface area (Å²) in [6.45, 7) is 1.85. The highest BCUT2D eigenvalue weighted by atomic mass is 16.5. The minimum Gasteiger partial charge on any atom is -0.497 e. The molecule has 98 valence electrons. The zero-order valence-corrected chi connectivity index (χ0v) is 10.7. The third kappa shape index (κ3) is 7.52. The van der Waals surface area contributed by atoms with Gasteiger partial charge in [-0.05, 0) is 24.3 Å². The highest BCUT2D eigenvalue weighted by molar-refractivity contribution is 5.20. The highest BCUT2D eigenvalue weighted by Gasteiger charge is 1.88. The molecule has 1 aromatic carbocycles. The Balaban J connectivity index is 1.97.